The van der Waals surface area contributed by atoms with Crippen LogP contribution in [-0.2, 0) is 9.53 Å². The molecule has 0 radical (unpaired) electrons. The van der Waals surface area contributed by atoms with Crippen molar-refractivity contribution in [2.45, 2.75) is 63.4 Å². The molecule has 2 rings (SSSR count). The first-order valence-corrected chi connectivity index (χ1v) is 9.78. The van der Waals surface area contributed by atoms with Crippen LogP contribution in [0, 0.1) is 5.92 Å². The van der Waals surface area contributed by atoms with E-state index < -0.39 is 8.07 Å². The molecule has 0 N–H and O–H groups in total. The van der Waals surface area contributed by atoms with Gasteiger partial charge in [0.1, 0.15) is 6.10 Å². The van der Waals surface area contributed by atoms with Gasteiger partial charge in [0, 0.05) is 0 Å². The number of esters is 1. The van der Waals surface area contributed by atoms with Gasteiger partial charge in [0.05, 0.1) is 13.6 Å². The molecule has 1 aliphatic carbocycles. The molecule has 0 aromatic heterocycles. The molecule has 0 spiro atoms. The normalized spacial score (nSPS) is 33.4. The highest BCUT2D eigenvalue weighted by atomic mass is 28.3. The van der Waals surface area contributed by atoms with Crippen molar-refractivity contribution in [2.24, 2.45) is 5.92 Å². The van der Waals surface area contributed by atoms with Gasteiger partial charge in [-0.25, -0.2) is 0 Å². The summed E-state index contributed by atoms with van der Waals surface area (Å²) >= 11 is 0. The lowest BCUT2D eigenvalue weighted by molar-refractivity contribution is -0.176. The molecule has 0 bridgehead atoms. The number of carbonyl (C=O) groups is 1. The van der Waals surface area contributed by atoms with E-state index in [0.29, 0.717) is 5.92 Å². The molecule has 2 atom stereocenters. The lowest BCUT2D eigenvalue weighted by Gasteiger charge is -2.46. The summed E-state index contributed by atoms with van der Waals surface area (Å²) in [7, 11) is -1.36. The van der Waals surface area contributed by atoms with E-state index in [-0.39, 0.29) is 17.6 Å². The molecule has 15 heavy (non-hydrogen) atoms. The highest BCUT2D eigenvalue weighted by molar-refractivity contribution is 6.81. The number of ether oxygens (including phenoxy) is 1. The molecule has 0 aromatic rings. The fourth-order valence-electron chi connectivity index (χ4n) is 3.01. The largest absolute Gasteiger partial charge is 0.461 e. The molecule has 2 nitrogen and oxygen atoms in total. The van der Waals surface area contributed by atoms with Crippen LogP contribution in [0.25, 0.3) is 0 Å². The standard InChI is InChI=1S/C12H22O2Si/c1-15(2,3)11-10(14-12(11)13)9-7-5-4-6-8-9/h9-11H,4-8H2,1-3H3/t10-,11-/m0/s1. The Hall–Kier alpha value is -0.313. The number of carbonyl (C=O) groups excluding carboxylic acids is 1. The summed E-state index contributed by atoms with van der Waals surface area (Å²) < 4.78 is 5.41. The van der Waals surface area contributed by atoms with Crippen molar-refractivity contribution in [1.29, 1.82) is 0 Å². The number of cyclic esters (lactones) is 1. The zero-order valence-corrected chi connectivity index (χ0v) is 11.1. The van der Waals surface area contributed by atoms with Crippen LogP contribution in [0.3, 0.4) is 0 Å². The summed E-state index contributed by atoms with van der Waals surface area (Å²) in [6.45, 7) is 6.86. The molecule has 86 valence electrons. The monoisotopic (exact) mass is 226 g/mol. The second-order valence-corrected chi connectivity index (χ2v) is 11.5. The Morgan fingerprint density at radius 2 is 1.73 bits per heavy atom. The first kappa shape index (κ1) is 11.2. The van der Waals surface area contributed by atoms with Crippen LogP contribution in [0.15, 0.2) is 0 Å². The molecule has 1 aliphatic heterocycles. The van der Waals surface area contributed by atoms with Gasteiger partial charge in [0.15, 0.2) is 0 Å². The van der Waals surface area contributed by atoms with Crippen molar-refractivity contribution >= 4 is 14.0 Å². The van der Waals surface area contributed by atoms with Gasteiger partial charge in [-0.3, -0.25) is 4.79 Å². The lowest BCUT2D eigenvalue weighted by Crippen LogP contribution is -2.55. The summed E-state index contributed by atoms with van der Waals surface area (Å²) in [5.74, 6) is 0.762. The van der Waals surface area contributed by atoms with E-state index in [4.69, 9.17) is 4.74 Å². The number of rotatable bonds is 2. The van der Waals surface area contributed by atoms with E-state index in [1.54, 1.807) is 0 Å². The third-order valence-corrected chi connectivity index (χ3v) is 6.31. The molecule has 1 saturated heterocycles. The minimum absolute atomic E-state index is 0.0877. The Morgan fingerprint density at radius 3 is 2.20 bits per heavy atom. The fourth-order valence-corrected chi connectivity index (χ4v) is 5.12. The summed E-state index contributed by atoms with van der Waals surface area (Å²) in [6.07, 6.45) is 6.87. The Kier molecular flexibility index (Phi) is 2.93. The quantitative estimate of drug-likeness (QED) is 0.534. The number of hydrogen-bond donors (Lipinski definition) is 0. The van der Waals surface area contributed by atoms with Crippen molar-refractivity contribution < 1.29 is 9.53 Å². The molecule has 0 amide bonds. The van der Waals surface area contributed by atoms with E-state index in [1.807, 2.05) is 0 Å². The van der Waals surface area contributed by atoms with E-state index >= 15 is 0 Å². The minimum Gasteiger partial charge on any atom is -0.461 e. The summed E-state index contributed by atoms with van der Waals surface area (Å²) in [4.78, 5) is 11.5. The first-order chi connectivity index (χ1) is 7.00. The van der Waals surface area contributed by atoms with Crippen LogP contribution in [0.2, 0.25) is 25.2 Å². The van der Waals surface area contributed by atoms with Gasteiger partial charge >= 0.3 is 5.97 Å². The SMILES string of the molecule is C[Si](C)(C)[C@@H]1C(=O)O[C@H]1C1CCCCC1. The molecular weight excluding hydrogens is 204 g/mol. The van der Waals surface area contributed by atoms with Gasteiger partial charge in [-0.15, -0.1) is 0 Å². The summed E-state index contributed by atoms with van der Waals surface area (Å²) in [5.41, 5.74) is 0.278. The van der Waals surface area contributed by atoms with Crippen LogP contribution in [0.4, 0.5) is 0 Å². The smallest absolute Gasteiger partial charge is 0.310 e. The zero-order valence-electron chi connectivity index (χ0n) is 10.1. The Labute approximate surface area is 93.4 Å². The van der Waals surface area contributed by atoms with Crippen molar-refractivity contribution in [3.05, 3.63) is 0 Å². The second kappa shape index (κ2) is 3.93. The fraction of sp³-hybridized carbons (Fsp3) is 0.917. The van der Waals surface area contributed by atoms with Gasteiger partial charge in [-0.2, -0.15) is 0 Å². The third kappa shape index (κ3) is 2.12. The van der Waals surface area contributed by atoms with Crippen molar-refractivity contribution in [1.82, 2.24) is 0 Å². The Balaban J connectivity index is 2.01. The van der Waals surface area contributed by atoms with Crippen molar-refractivity contribution in [2.75, 3.05) is 0 Å². The van der Waals surface area contributed by atoms with Gasteiger partial charge in [-0.05, 0) is 18.8 Å². The summed E-state index contributed by atoms with van der Waals surface area (Å²) in [6, 6.07) is 0. The maximum Gasteiger partial charge on any atom is 0.310 e. The van der Waals surface area contributed by atoms with Crippen molar-refractivity contribution in [3.8, 4) is 0 Å². The van der Waals surface area contributed by atoms with Gasteiger partial charge in [0.25, 0.3) is 0 Å². The highest BCUT2D eigenvalue weighted by Gasteiger charge is 2.53. The maximum atomic E-state index is 11.5. The molecule has 3 heteroatoms. The Bertz CT molecular complexity index is 251. The second-order valence-electron chi connectivity index (χ2n) is 6.14. The van der Waals surface area contributed by atoms with Gasteiger partial charge in [-0.1, -0.05) is 38.9 Å². The van der Waals surface area contributed by atoms with E-state index in [0.717, 1.165) is 0 Å². The van der Waals surface area contributed by atoms with E-state index in [1.165, 1.54) is 32.1 Å². The summed E-state index contributed by atoms with van der Waals surface area (Å²) in [5, 5.41) is 0. The Morgan fingerprint density at radius 1 is 1.13 bits per heavy atom. The maximum absolute atomic E-state index is 11.5. The van der Waals surface area contributed by atoms with Crippen LogP contribution in [-0.4, -0.2) is 20.1 Å². The van der Waals surface area contributed by atoms with Crippen LogP contribution >= 0.6 is 0 Å². The van der Waals surface area contributed by atoms with Gasteiger partial charge in [0.2, 0.25) is 0 Å². The zero-order chi connectivity index (χ0) is 11.1. The average molecular weight is 226 g/mol. The van der Waals surface area contributed by atoms with Crippen LogP contribution in [0.5, 0.6) is 0 Å². The first-order valence-electron chi connectivity index (χ1n) is 6.20. The van der Waals surface area contributed by atoms with Crippen LogP contribution in [0.1, 0.15) is 32.1 Å². The van der Waals surface area contributed by atoms with Crippen molar-refractivity contribution in [3.63, 3.8) is 0 Å². The molecule has 2 fully saturated rings. The molecule has 1 heterocycles. The van der Waals surface area contributed by atoms with Gasteiger partial charge < -0.3 is 4.74 Å². The van der Waals surface area contributed by atoms with E-state index in [9.17, 15) is 4.79 Å². The molecule has 0 aromatic carbocycles. The van der Waals surface area contributed by atoms with E-state index in [2.05, 4.69) is 19.6 Å². The lowest BCUT2D eigenvalue weighted by atomic mass is 9.82. The minimum atomic E-state index is -1.36. The highest BCUT2D eigenvalue weighted by Crippen LogP contribution is 2.45. The molecule has 1 saturated carbocycles. The topological polar surface area (TPSA) is 26.3 Å². The third-order valence-electron chi connectivity index (χ3n) is 3.88. The average Bonchev–Trinajstić information content (AvgIpc) is 2.12. The number of hydrogen-bond acceptors (Lipinski definition) is 2. The predicted octanol–water partition coefficient (Wildman–Crippen LogP) is 3.20. The van der Waals surface area contributed by atoms with Crippen LogP contribution < -0.4 is 0 Å². The molecule has 2 aliphatic rings. The predicted molar refractivity (Wildman–Crippen MR) is 63.6 cm³/mol. The molecular formula is C12H22O2Si. The molecule has 0 unspecified atom stereocenters.